The summed E-state index contributed by atoms with van der Waals surface area (Å²) in [5.41, 5.74) is 0.470. The molecule has 1 aromatic carbocycles. The van der Waals surface area contributed by atoms with E-state index in [2.05, 4.69) is 5.32 Å². The van der Waals surface area contributed by atoms with E-state index in [1.54, 1.807) is 29.9 Å². The molecule has 2 rings (SSSR count). The number of benzene rings is 1. The highest BCUT2D eigenvalue weighted by Gasteiger charge is 2.12. The number of thioether (sulfide) groups is 1. The van der Waals surface area contributed by atoms with Crippen LogP contribution >= 0.6 is 11.8 Å². The molecule has 98 valence electrons. The van der Waals surface area contributed by atoms with Crippen molar-refractivity contribution in [2.75, 3.05) is 5.75 Å². The van der Waals surface area contributed by atoms with Crippen LogP contribution in [0.5, 0.6) is 0 Å². The van der Waals surface area contributed by atoms with Crippen molar-refractivity contribution in [1.29, 1.82) is 0 Å². The van der Waals surface area contributed by atoms with Crippen LogP contribution in [0.1, 0.15) is 10.5 Å². The quantitative estimate of drug-likeness (QED) is 0.868. The Morgan fingerprint density at radius 3 is 2.53 bits per heavy atom. The largest absolute Gasteiger partial charge is 0.347 e. The predicted octanol–water partition coefficient (Wildman–Crippen LogP) is 2.07. The molecule has 0 saturated carbocycles. The summed E-state index contributed by atoms with van der Waals surface area (Å²) in [6, 6.07) is 13.0. The summed E-state index contributed by atoms with van der Waals surface area (Å²) in [7, 11) is 1.76. The fourth-order valence-electron chi connectivity index (χ4n) is 1.59. The van der Waals surface area contributed by atoms with Gasteiger partial charge in [-0.1, -0.05) is 18.2 Å². The number of nitrogens with one attached hydrogen (secondary N) is 1. The number of nitrogens with zero attached hydrogens (tertiary/aromatic N) is 1. The van der Waals surface area contributed by atoms with Crippen LogP contribution in [0.4, 0.5) is 0 Å². The van der Waals surface area contributed by atoms with Crippen LogP contribution in [0, 0.1) is 0 Å². The molecule has 2 amide bonds. The first-order chi connectivity index (χ1) is 9.16. The summed E-state index contributed by atoms with van der Waals surface area (Å²) >= 11 is 1.40. The van der Waals surface area contributed by atoms with Crippen molar-refractivity contribution < 1.29 is 9.59 Å². The van der Waals surface area contributed by atoms with Gasteiger partial charge in [0.05, 0.1) is 5.75 Å². The van der Waals surface area contributed by atoms with Crippen molar-refractivity contribution in [2.45, 2.75) is 4.90 Å². The minimum atomic E-state index is -0.369. The Bertz CT molecular complexity index is 578. The van der Waals surface area contributed by atoms with Crippen LogP contribution in [0.3, 0.4) is 0 Å². The van der Waals surface area contributed by atoms with Gasteiger partial charge in [-0.05, 0) is 24.3 Å². The highest BCUT2D eigenvalue weighted by molar-refractivity contribution is 8.00. The fraction of sp³-hybridized carbons (Fsp3) is 0.143. The topological polar surface area (TPSA) is 51.1 Å². The second kappa shape index (κ2) is 6.24. The zero-order valence-corrected chi connectivity index (χ0v) is 11.3. The zero-order valence-electron chi connectivity index (χ0n) is 10.5. The van der Waals surface area contributed by atoms with Crippen LogP contribution in [0.15, 0.2) is 53.6 Å². The molecule has 0 aliphatic carbocycles. The molecular weight excluding hydrogens is 260 g/mol. The summed E-state index contributed by atoms with van der Waals surface area (Å²) in [6.45, 7) is 0. The average molecular weight is 274 g/mol. The molecule has 19 heavy (non-hydrogen) atoms. The van der Waals surface area contributed by atoms with Crippen LogP contribution in [0.2, 0.25) is 0 Å². The van der Waals surface area contributed by atoms with E-state index in [9.17, 15) is 9.59 Å². The van der Waals surface area contributed by atoms with Crippen molar-refractivity contribution in [3.05, 3.63) is 54.4 Å². The van der Waals surface area contributed by atoms with Gasteiger partial charge < -0.3 is 4.57 Å². The maximum Gasteiger partial charge on any atom is 0.274 e. The SMILES string of the molecule is Cn1cccc1C(=O)NC(=O)CSc1ccccc1. The van der Waals surface area contributed by atoms with Crippen molar-refractivity contribution in [1.82, 2.24) is 9.88 Å². The summed E-state index contributed by atoms with van der Waals surface area (Å²) in [4.78, 5) is 24.5. The third-order valence-corrected chi connectivity index (χ3v) is 3.55. The van der Waals surface area contributed by atoms with E-state index in [0.29, 0.717) is 5.69 Å². The van der Waals surface area contributed by atoms with Gasteiger partial charge in [0.15, 0.2) is 0 Å². The van der Waals surface area contributed by atoms with Gasteiger partial charge in [0.25, 0.3) is 5.91 Å². The normalized spacial score (nSPS) is 10.2. The number of aryl methyl sites for hydroxylation is 1. The number of rotatable bonds is 4. The van der Waals surface area contributed by atoms with Crippen molar-refractivity contribution in [2.24, 2.45) is 7.05 Å². The first-order valence-corrected chi connectivity index (χ1v) is 6.79. The lowest BCUT2D eigenvalue weighted by Crippen LogP contribution is -2.32. The molecule has 1 aromatic heterocycles. The summed E-state index contributed by atoms with van der Waals surface area (Å²) in [5.74, 6) is -0.439. The molecule has 0 bridgehead atoms. The van der Waals surface area contributed by atoms with E-state index in [1.165, 1.54) is 11.8 Å². The lowest BCUT2D eigenvalue weighted by atomic mass is 10.4. The van der Waals surface area contributed by atoms with E-state index >= 15 is 0 Å². The number of carbonyl (C=O) groups excluding carboxylic acids is 2. The van der Waals surface area contributed by atoms with Crippen LogP contribution < -0.4 is 5.32 Å². The lowest BCUT2D eigenvalue weighted by molar-refractivity contribution is -0.117. The van der Waals surface area contributed by atoms with Crippen molar-refractivity contribution >= 4 is 23.6 Å². The second-order valence-electron chi connectivity index (χ2n) is 3.98. The van der Waals surface area contributed by atoms with Crippen LogP contribution in [-0.2, 0) is 11.8 Å². The number of carbonyl (C=O) groups is 2. The summed E-state index contributed by atoms with van der Waals surface area (Å²) < 4.78 is 1.67. The van der Waals surface area contributed by atoms with Gasteiger partial charge in [-0.25, -0.2) is 0 Å². The fourth-order valence-corrected chi connectivity index (χ4v) is 2.31. The van der Waals surface area contributed by atoms with Crippen LogP contribution in [-0.4, -0.2) is 22.1 Å². The maximum absolute atomic E-state index is 11.8. The highest BCUT2D eigenvalue weighted by atomic mass is 32.2. The first-order valence-electron chi connectivity index (χ1n) is 5.80. The lowest BCUT2D eigenvalue weighted by Gasteiger charge is -2.05. The molecule has 4 nitrogen and oxygen atoms in total. The van der Waals surface area contributed by atoms with Crippen molar-refractivity contribution in [3.63, 3.8) is 0 Å². The Morgan fingerprint density at radius 1 is 1.16 bits per heavy atom. The highest BCUT2D eigenvalue weighted by Crippen LogP contribution is 2.16. The molecule has 0 spiro atoms. The average Bonchev–Trinajstić information content (AvgIpc) is 2.84. The molecule has 0 fully saturated rings. The Kier molecular flexibility index (Phi) is 4.41. The third kappa shape index (κ3) is 3.72. The van der Waals surface area contributed by atoms with E-state index in [4.69, 9.17) is 0 Å². The minimum Gasteiger partial charge on any atom is -0.347 e. The first kappa shape index (κ1) is 13.4. The minimum absolute atomic E-state index is 0.222. The smallest absolute Gasteiger partial charge is 0.274 e. The van der Waals surface area contributed by atoms with Gasteiger partial charge in [0.1, 0.15) is 5.69 Å². The molecule has 0 saturated heterocycles. The zero-order chi connectivity index (χ0) is 13.7. The third-order valence-electron chi connectivity index (χ3n) is 2.54. The number of aromatic nitrogens is 1. The van der Waals surface area contributed by atoms with Gasteiger partial charge in [-0.3, -0.25) is 14.9 Å². The molecule has 0 unspecified atom stereocenters. The van der Waals surface area contributed by atoms with Crippen LogP contribution in [0.25, 0.3) is 0 Å². The van der Waals surface area contributed by atoms with E-state index in [0.717, 1.165) is 4.90 Å². The number of imide groups is 1. The Labute approximate surface area is 115 Å². The molecule has 1 N–H and O–H groups in total. The summed E-state index contributed by atoms with van der Waals surface area (Å²) in [6.07, 6.45) is 1.76. The number of amides is 2. The van der Waals surface area contributed by atoms with Crippen molar-refractivity contribution in [3.8, 4) is 0 Å². The monoisotopic (exact) mass is 274 g/mol. The molecule has 0 aliphatic heterocycles. The van der Waals surface area contributed by atoms with Gasteiger partial charge in [0.2, 0.25) is 5.91 Å². The second-order valence-corrected chi connectivity index (χ2v) is 5.03. The van der Waals surface area contributed by atoms with E-state index in [-0.39, 0.29) is 17.6 Å². The maximum atomic E-state index is 11.8. The molecule has 0 atom stereocenters. The van der Waals surface area contributed by atoms with Gasteiger partial charge in [-0.2, -0.15) is 0 Å². The Balaban J connectivity index is 1.85. The van der Waals surface area contributed by atoms with E-state index < -0.39 is 0 Å². The van der Waals surface area contributed by atoms with E-state index in [1.807, 2.05) is 30.3 Å². The van der Waals surface area contributed by atoms with Gasteiger partial charge in [0, 0.05) is 18.1 Å². The standard InChI is InChI=1S/C14H14N2O2S/c1-16-9-5-8-12(16)14(18)15-13(17)10-19-11-6-3-2-4-7-11/h2-9H,10H2,1H3,(H,15,17,18). The number of hydrogen-bond donors (Lipinski definition) is 1. The Morgan fingerprint density at radius 2 is 1.89 bits per heavy atom. The summed E-state index contributed by atoms with van der Waals surface area (Å²) in [5, 5.41) is 2.37. The number of hydrogen-bond acceptors (Lipinski definition) is 3. The molecule has 1 heterocycles. The predicted molar refractivity (Wildman–Crippen MR) is 75.1 cm³/mol. The molecule has 0 aliphatic rings. The molecule has 5 heteroatoms. The Hall–Kier alpha value is -2.01. The molecule has 2 aromatic rings. The van der Waals surface area contributed by atoms with Gasteiger partial charge in [-0.15, -0.1) is 11.8 Å². The molecule has 0 radical (unpaired) electrons. The van der Waals surface area contributed by atoms with Gasteiger partial charge >= 0.3 is 0 Å². The molecular formula is C14H14N2O2S.